The summed E-state index contributed by atoms with van der Waals surface area (Å²) >= 11 is 0. The number of rotatable bonds is 5. The number of amides is 2. The van der Waals surface area contributed by atoms with Gasteiger partial charge in [0.05, 0.1) is 0 Å². The third kappa shape index (κ3) is 5.76. The molecule has 0 aliphatic carbocycles. The van der Waals surface area contributed by atoms with Gasteiger partial charge in [0.2, 0.25) is 0 Å². The number of nitrogens with zero attached hydrogens (tertiary/aromatic N) is 1. The second-order valence-electron chi connectivity index (χ2n) is 6.10. The lowest BCUT2D eigenvalue weighted by molar-refractivity contribution is 0.231. The van der Waals surface area contributed by atoms with E-state index >= 15 is 0 Å². The number of nitrogens with one attached hydrogen (secondary N) is 2. The van der Waals surface area contributed by atoms with Crippen LogP contribution in [0.3, 0.4) is 0 Å². The minimum Gasteiger partial charge on any atom is -0.336 e. The molecule has 1 aromatic carbocycles. The van der Waals surface area contributed by atoms with E-state index in [0.29, 0.717) is 0 Å². The van der Waals surface area contributed by atoms with Gasteiger partial charge in [-0.2, -0.15) is 0 Å². The fourth-order valence-electron chi connectivity index (χ4n) is 2.65. The standard InChI is InChI=1S/C17H27N3O/c1-14(2)18-17(21)19-16-8-6-15(7-9-16)10-13-20-11-4-3-5-12-20/h6-9,14H,3-5,10-13H2,1-2H3,(H2,18,19,21). The monoisotopic (exact) mass is 289 g/mol. The lowest BCUT2D eigenvalue weighted by atomic mass is 10.1. The fourth-order valence-corrected chi connectivity index (χ4v) is 2.65. The first-order valence-corrected chi connectivity index (χ1v) is 8.02. The van der Waals surface area contributed by atoms with Crippen molar-refractivity contribution in [1.29, 1.82) is 0 Å². The first-order valence-electron chi connectivity index (χ1n) is 8.02. The molecule has 1 saturated heterocycles. The number of piperidine rings is 1. The molecule has 0 atom stereocenters. The van der Waals surface area contributed by atoms with Crippen LogP contribution in [0.25, 0.3) is 0 Å². The number of likely N-dealkylation sites (tertiary alicyclic amines) is 1. The number of carbonyl (C=O) groups excluding carboxylic acids is 1. The Morgan fingerprint density at radius 1 is 1.14 bits per heavy atom. The Labute approximate surface area is 127 Å². The Kier molecular flexibility index (Phi) is 6.05. The number of hydrogen-bond acceptors (Lipinski definition) is 2. The molecule has 0 radical (unpaired) electrons. The summed E-state index contributed by atoms with van der Waals surface area (Å²) in [6, 6.07) is 8.17. The Morgan fingerprint density at radius 3 is 2.43 bits per heavy atom. The van der Waals surface area contributed by atoms with Crippen molar-refractivity contribution in [3.8, 4) is 0 Å². The van der Waals surface area contributed by atoms with E-state index in [4.69, 9.17) is 0 Å². The molecule has 0 aromatic heterocycles. The molecule has 21 heavy (non-hydrogen) atoms. The van der Waals surface area contributed by atoms with Gasteiger partial charge < -0.3 is 15.5 Å². The zero-order valence-electron chi connectivity index (χ0n) is 13.2. The van der Waals surface area contributed by atoms with Gasteiger partial charge in [-0.05, 0) is 63.9 Å². The zero-order chi connectivity index (χ0) is 15.1. The highest BCUT2D eigenvalue weighted by Crippen LogP contribution is 2.13. The van der Waals surface area contributed by atoms with E-state index in [1.54, 1.807) is 0 Å². The molecule has 1 heterocycles. The molecule has 1 fully saturated rings. The number of hydrogen-bond donors (Lipinski definition) is 2. The minimum absolute atomic E-state index is 0.147. The van der Waals surface area contributed by atoms with Crippen LogP contribution in [-0.4, -0.2) is 36.6 Å². The fraction of sp³-hybridized carbons (Fsp3) is 0.588. The summed E-state index contributed by atoms with van der Waals surface area (Å²) < 4.78 is 0. The molecule has 0 spiro atoms. The van der Waals surface area contributed by atoms with E-state index in [-0.39, 0.29) is 12.1 Å². The van der Waals surface area contributed by atoms with Crippen LogP contribution in [0, 0.1) is 0 Å². The molecule has 4 nitrogen and oxygen atoms in total. The quantitative estimate of drug-likeness (QED) is 0.874. The van der Waals surface area contributed by atoms with E-state index in [1.807, 2.05) is 26.0 Å². The molecular formula is C17H27N3O. The summed E-state index contributed by atoms with van der Waals surface area (Å²) in [7, 11) is 0. The van der Waals surface area contributed by atoms with Crippen molar-refractivity contribution in [2.24, 2.45) is 0 Å². The maximum Gasteiger partial charge on any atom is 0.319 e. The highest BCUT2D eigenvalue weighted by molar-refractivity contribution is 5.89. The highest BCUT2D eigenvalue weighted by atomic mass is 16.2. The Balaban J connectivity index is 1.77. The first-order chi connectivity index (χ1) is 10.1. The van der Waals surface area contributed by atoms with Gasteiger partial charge in [-0.25, -0.2) is 4.79 Å². The van der Waals surface area contributed by atoms with Gasteiger partial charge in [-0.15, -0.1) is 0 Å². The van der Waals surface area contributed by atoms with Gasteiger partial charge in [-0.1, -0.05) is 18.6 Å². The van der Waals surface area contributed by atoms with Crippen molar-refractivity contribution in [2.45, 2.75) is 45.6 Å². The summed E-state index contributed by atoms with van der Waals surface area (Å²) in [5.74, 6) is 0. The van der Waals surface area contributed by atoms with Crippen molar-refractivity contribution in [3.63, 3.8) is 0 Å². The molecular weight excluding hydrogens is 262 g/mol. The van der Waals surface area contributed by atoms with Crippen LogP contribution >= 0.6 is 0 Å². The largest absolute Gasteiger partial charge is 0.336 e. The van der Waals surface area contributed by atoms with Crippen molar-refractivity contribution < 1.29 is 4.79 Å². The van der Waals surface area contributed by atoms with Crippen molar-refractivity contribution in [2.75, 3.05) is 25.0 Å². The van der Waals surface area contributed by atoms with Crippen LogP contribution in [0.1, 0.15) is 38.7 Å². The van der Waals surface area contributed by atoms with E-state index in [1.165, 1.54) is 37.9 Å². The molecule has 0 unspecified atom stereocenters. The predicted molar refractivity (Wildman–Crippen MR) is 87.7 cm³/mol. The predicted octanol–water partition coefficient (Wildman–Crippen LogP) is 3.24. The molecule has 1 aromatic rings. The van der Waals surface area contributed by atoms with Crippen LogP contribution in [0.4, 0.5) is 10.5 Å². The highest BCUT2D eigenvalue weighted by Gasteiger charge is 2.09. The summed E-state index contributed by atoms with van der Waals surface area (Å²) in [5, 5.41) is 5.66. The average Bonchev–Trinajstić information content (AvgIpc) is 2.47. The summed E-state index contributed by atoms with van der Waals surface area (Å²) in [6.07, 6.45) is 5.15. The normalized spacial score (nSPS) is 16.0. The number of carbonyl (C=O) groups is 1. The SMILES string of the molecule is CC(C)NC(=O)Nc1ccc(CCN2CCCCC2)cc1. The van der Waals surface area contributed by atoms with Gasteiger partial charge in [0.1, 0.15) is 0 Å². The molecule has 2 N–H and O–H groups in total. The molecule has 4 heteroatoms. The number of benzene rings is 1. The smallest absolute Gasteiger partial charge is 0.319 e. The molecule has 0 saturated carbocycles. The topological polar surface area (TPSA) is 44.4 Å². The average molecular weight is 289 g/mol. The van der Waals surface area contributed by atoms with Crippen LogP contribution in [0.2, 0.25) is 0 Å². The summed E-state index contributed by atoms with van der Waals surface area (Å²) in [6.45, 7) is 7.52. The first kappa shape index (κ1) is 15.8. The maximum atomic E-state index is 11.6. The van der Waals surface area contributed by atoms with Crippen LogP contribution < -0.4 is 10.6 Å². The minimum atomic E-state index is -0.147. The molecule has 1 aliphatic heterocycles. The Morgan fingerprint density at radius 2 is 1.81 bits per heavy atom. The van der Waals surface area contributed by atoms with E-state index in [2.05, 4.69) is 27.7 Å². The van der Waals surface area contributed by atoms with Gasteiger partial charge in [0.25, 0.3) is 0 Å². The molecule has 116 valence electrons. The molecule has 2 rings (SSSR count). The molecule has 0 bridgehead atoms. The van der Waals surface area contributed by atoms with Gasteiger partial charge in [0.15, 0.2) is 0 Å². The second-order valence-corrected chi connectivity index (χ2v) is 6.10. The van der Waals surface area contributed by atoms with Gasteiger partial charge in [0, 0.05) is 18.3 Å². The third-order valence-corrected chi connectivity index (χ3v) is 3.80. The zero-order valence-corrected chi connectivity index (χ0v) is 13.2. The Hall–Kier alpha value is -1.55. The van der Waals surface area contributed by atoms with Crippen LogP contribution in [-0.2, 0) is 6.42 Å². The summed E-state index contributed by atoms with van der Waals surface area (Å²) in [5.41, 5.74) is 2.17. The lowest BCUT2D eigenvalue weighted by Crippen LogP contribution is -2.34. The van der Waals surface area contributed by atoms with E-state index in [0.717, 1.165) is 18.7 Å². The summed E-state index contributed by atoms with van der Waals surface area (Å²) in [4.78, 5) is 14.2. The Bertz CT molecular complexity index is 436. The lowest BCUT2D eigenvalue weighted by Gasteiger charge is -2.26. The number of anilines is 1. The van der Waals surface area contributed by atoms with E-state index in [9.17, 15) is 4.79 Å². The van der Waals surface area contributed by atoms with Crippen LogP contribution in [0.15, 0.2) is 24.3 Å². The van der Waals surface area contributed by atoms with Crippen LogP contribution in [0.5, 0.6) is 0 Å². The van der Waals surface area contributed by atoms with E-state index < -0.39 is 0 Å². The molecule has 2 amide bonds. The van der Waals surface area contributed by atoms with Gasteiger partial charge >= 0.3 is 6.03 Å². The molecule has 1 aliphatic rings. The third-order valence-electron chi connectivity index (χ3n) is 3.80. The van der Waals surface area contributed by atoms with Gasteiger partial charge in [-0.3, -0.25) is 0 Å². The van der Waals surface area contributed by atoms with Crippen molar-refractivity contribution in [3.05, 3.63) is 29.8 Å². The van der Waals surface area contributed by atoms with Crippen molar-refractivity contribution >= 4 is 11.7 Å². The maximum absolute atomic E-state index is 11.6. The number of urea groups is 1. The second kappa shape index (κ2) is 8.03. The van der Waals surface area contributed by atoms with Crippen molar-refractivity contribution in [1.82, 2.24) is 10.2 Å².